The maximum absolute atomic E-state index is 12.5. The van der Waals surface area contributed by atoms with Crippen LogP contribution in [-0.4, -0.2) is 41.0 Å². The molecule has 0 N–H and O–H groups in total. The lowest BCUT2D eigenvalue weighted by atomic mass is 10.0. The number of carbonyl (C=O) groups excluding carboxylic acids is 1. The van der Waals surface area contributed by atoms with E-state index >= 15 is 0 Å². The van der Waals surface area contributed by atoms with Gasteiger partial charge in [0.2, 0.25) is 0 Å². The highest BCUT2D eigenvalue weighted by atomic mass is 16.5. The molecule has 0 aromatic heterocycles. The molecule has 150 valence electrons. The minimum Gasteiger partial charge on any atom is -0.493 e. The van der Waals surface area contributed by atoms with Gasteiger partial charge >= 0.3 is 5.97 Å². The van der Waals surface area contributed by atoms with E-state index in [1.807, 2.05) is 24.3 Å². The molecular weight excluding hydrogens is 360 g/mol. The fourth-order valence-electron chi connectivity index (χ4n) is 2.76. The number of rotatable bonds is 9. The second-order valence-electron chi connectivity index (χ2n) is 5.80. The number of hydrogen-bond acceptors (Lipinski definition) is 6. The zero-order chi connectivity index (χ0) is 20.5. The first kappa shape index (κ1) is 21.2. The molecule has 0 saturated heterocycles. The van der Waals surface area contributed by atoms with Crippen molar-refractivity contribution < 1.29 is 28.5 Å². The average molecular weight is 386 g/mol. The van der Waals surface area contributed by atoms with Crippen molar-refractivity contribution in [2.45, 2.75) is 13.3 Å². The van der Waals surface area contributed by atoms with Gasteiger partial charge in [-0.05, 0) is 48.7 Å². The summed E-state index contributed by atoms with van der Waals surface area (Å²) in [5, 5.41) is 0. The Morgan fingerprint density at radius 2 is 1.39 bits per heavy atom. The molecule has 0 fully saturated rings. The Morgan fingerprint density at radius 1 is 0.821 bits per heavy atom. The summed E-state index contributed by atoms with van der Waals surface area (Å²) in [6.07, 6.45) is 2.35. The summed E-state index contributed by atoms with van der Waals surface area (Å²) >= 11 is 0. The van der Waals surface area contributed by atoms with Crippen LogP contribution in [-0.2, 0) is 16.0 Å². The Morgan fingerprint density at radius 3 is 1.96 bits per heavy atom. The molecule has 2 aromatic carbocycles. The highest BCUT2D eigenvalue weighted by molar-refractivity contribution is 6.16. The smallest absolute Gasteiger partial charge is 0.338 e. The van der Waals surface area contributed by atoms with Crippen molar-refractivity contribution >= 4 is 11.5 Å². The number of carbonyl (C=O) groups is 1. The van der Waals surface area contributed by atoms with Gasteiger partial charge in [-0.3, -0.25) is 0 Å². The van der Waals surface area contributed by atoms with E-state index in [0.29, 0.717) is 47.2 Å². The van der Waals surface area contributed by atoms with Crippen LogP contribution in [0.3, 0.4) is 0 Å². The molecule has 0 aliphatic rings. The van der Waals surface area contributed by atoms with Gasteiger partial charge in [0, 0.05) is 0 Å². The zero-order valence-electron chi connectivity index (χ0n) is 16.9. The van der Waals surface area contributed by atoms with Crippen molar-refractivity contribution in [3.05, 3.63) is 53.6 Å². The lowest BCUT2D eigenvalue weighted by molar-refractivity contribution is -0.136. The normalized spacial score (nSPS) is 11.0. The van der Waals surface area contributed by atoms with Gasteiger partial charge in [-0.15, -0.1) is 0 Å². The SMILES string of the molecule is CCOC(=O)/C(=C\Cc1ccc(OC)c(OC)c1)c1ccc(OC)c(OC)c1. The minimum atomic E-state index is -0.393. The summed E-state index contributed by atoms with van der Waals surface area (Å²) in [4.78, 5) is 12.5. The van der Waals surface area contributed by atoms with Gasteiger partial charge in [0.05, 0.1) is 40.6 Å². The Kier molecular flexibility index (Phi) is 7.75. The van der Waals surface area contributed by atoms with E-state index < -0.39 is 5.97 Å². The van der Waals surface area contributed by atoms with Gasteiger partial charge in [-0.25, -0.2) is 4.79 Å². The molecule has 0 spiro atoms. The van der Waals surface area contributed by atoms with E-state index in [4.69, 9.17) is 23.7 Å². The minimum absolute atomic E-state index is 0.291. The summed E-state index contributed by atoms with van der Waals surface area (Å²) in [7, 11) is 6.30. The van der Waals surface area contributed by atoms with Crippen molar-refractivity contribution in [2.24, 2.45) is 0 Å². The summed E-state index contributed by atoms with van der Waals surface area (Å²) in [5.74, 6) is 2.03. The maximum Gasteiger partial charge on any atom is 0.338 e. The fourth-order valence-corrected chi connectivity index (χ4v) is 2.76. The monoisotopic (exact) mass is 386 g/mol. The molecule has 2 aromatic rings. The quantitative estimate of drug-likeness (QED) is 0.481. The van der Waals surface area contributed by atoms with E-state index in [-0.39, 0.29) is 0 Å². The second-order valence-corrected chi connectivity index (χ2v) is 5.80. The molecule has 0 saturated carbocycles. The molecule has 0 aliphatic heterocycles. The predicted octanol–water partition coefficient (Wildman–Crippen LogP) is 3.91. The van der Waals surface area contributed by atoms with Crippen molar-refractivity contribution in [3.63, 3.8) is 0 Å². The molecule has 0 amide bonds. The predicted molar refractivity (Wildman–Crippen MR) is 107 cm³/mol. The van der Waals surface area contributed by atoms with Crippen molar-refractivity contribution in [3.8, 4) is 23.0 Å². The van der Waals surface area contributed by atoms with Gasteiger partial charge in [0.15, 0.2) is 23.0 Å². The van der Waals surface area contributed by atoms with Gasteiger partial charge in [0.1, 0.15) is 0 Å². The fraction of sp³-hybridized carbons (Fsp3) is 0.318. The lowest BCUT2D eigenvalue weighted by Crippen LogP contribution is -2.08. The number of benzene rings is 2. The van der Waals surface area contributed by atoms with E-state index in [1.165, 1.54) is 0 Å². The molecular formula is C22H26O6. The van der Waals surface area contributed by atoms with Crippen molar-refractivity contribution in [2.75, 3.05) is 35.0 Å². The van der Waals surface area contributed by atoms with E-state index in [0.717, 1.165) is 5.56 Å². The topological polar surface area (TPSA) is 63.2 Å². The largest absolute Gasteiger partial charge is 0.493 e. The number of esters is 1. The molecule has 0 atom stereocenters. The summed E-state index contributed by atoms with van der Waals surface area (Å²) in [6.45, 7) is 2.07. The van der Waals surface area contributed by atoms with Crippen LogP contribution in [0.25, 0.3) is 5.57 Å². The highest BCUT2D eigenvalue weighted by Gasteiger charge is 2.16. The molecule has 0 bridgehead atoms. The Balaban J connectivity index is 2.40. The van der Waals surface area contributed by atoms with Gasteiger partial charge in [-0.1, -0.05) is 18.2 Å². The molecule has 0 aliphatic carbocycles. The molecule has 6 nitrogen and oxygen atoms in total. The first-order valence-corrected chi connectivity index (χ1v) is 8.88. The van der Waals surface area contributed by atoms with Gasteiger partial charge in [-0.2, -0.15) is 0 Å². The van der Waals surface area contributed by atoms with Crippen LogP contribution in [0, 0.1) is 0 Å². The molecule has 0 unspecified atom stereocenters. The first-order chi connectivity index (χ1) is 13.6. The van der Waals surface area contributed by atoms with Crippen LogP contribution in [0.2, 0.25) is 0 Å². The molecule has 6 heteroatoms. The number of hydrogen-bond donors (Lipinski definition) is 0. The zero-order valence-corrected chi connectivity index (χ0v) is 16.9. The first-order valence-electron chi connectivity index (χ1n) is 8.88. The summed E-state index contributed by atoms with van der Waals surface area (Å²) in [6, 6.07) is 11.0. The van der Waals surface area contributed by atoms with Crippen LogP contribution in [0.4, 0.5) is 0 Å². The van der Waals surface area contributed by atoms with Crippen molar-refractivity contribution in [1.82, 2.24) is 0 Å². The molecule has 2 rings (SSSR count). The van der Waals surface area contributed by atoms with E-state index in [9.17, 15) is 4.79 Å². The standard InChI is InChI=1S/C22H26O6/c1-6-28-22(23)17(16-9-12-19(25-3)21(14-16)27-5)10-7-15-8-11-18(24-2)20(13-15)26-4/h8-14H,6-7H2,1-5H3/b17-10-. The third-order valence-electron chi connectivity index (χ3n) is 4.18. The number of methoxy groups -OCH3 is 4. The molecule has 0 radical (unpaired) electrons. The van der Waals surface area contributed by atoms with Crippen LogP contribution in [0.5, 0.6) is 23.0 Å². The van der Waals surface area contributed by atoms with Crippen LogP contribution in [0.1, 0.15) is 18.1 Å². The average Bonchev–Trinajstić information content (AvgIpc) is 2.73. The van der Waals surface area contributed by atoms with E-state index in [2.05, 4.69) is 0 Å². The Bertz CT molecular complexity index is 841. The van der Waals surface area contributed by atoms with Crippen LogP contribution in [0.15, 0.2) is 42.5 Å². The Labute approximate surface area is 165 Å². The molecule has 28 heavy (non-hydrogen) atoms. The van der Waals surface area contributed by atoms with Gasteiger partial charge in [0.25, 0.3) is 0 Å². The van der Waals surface area contributed by atoms with Crippen LogP contribution >= 0.6 is 0 Å². The highest BCUT2D eigenvalue weighted by Crippen LogP contribution is 2.32. The van der Waals surface area contributed by atoms with Gasteiger partial charge < -0.3 is 23.7 Å². The summed E-state index contributed by atoms with van der Waals surface area (Å²) < 4.78 is 26.5. The Hall–Kier alpha value is -3.15. The maximum atomic E-state index is 12.5. The van der Waals surface area contributed by atoms with Crippen LogP contribution < -0.4 is 18.9 Å². The third-order valence-corrected chi connectivity index (χ3v) is 4.18. The third kappa shape index (κ3) is 4.97. The summed E-state index contributed by atoms with van der Waals surface area (Å²) in [5.41, 5.74) is 2.12. The lowest BCUT2D eigenvalue weighted by Gasteiger charge is -2.12. The number of ether oxygens (including phenoxy) is 5. The second kappa shape index (κ2) is 10.3. The van der Waals surface area contributed by atoms with E-state index in [1.54, 1.807) is 53.6 Å². The number of allylic oxidation sites excluding steroid dienone is 1. The molecule has 0 heterocycles. The van der Waals surface area contributed by atoms with Crippen molar-refractivity contribution in [1.29, 1.82) is 0 Å².